The quantitative estimate of drug-likeness (QED) is 0.890. The zero-order valence-electron chi connectivity index (χ0n) is 12.3. The molecule has 0 bridgehead atoms. The van der Waals surface area contributed by atoms with Crippen molar-refractivity contribution in [1.82, 2.24) is 9.88 Å². The van der Waals surface area contributed by atoms with E-state index < -0.39 is 6.10 Å². The lowest BCUT2D eigenvalue weighted by Crippen LogP contribution is -2.36. The van der Waals surface area contributed by atoms with Crippen molar-refractivity contribution < 1.29 is 9.90 Å². The zero-order valence-corrected chi connectivity index (χ0v) is 13.1. The summed E-state index contributed by atoms with van der Waals surface area (Å²) in [4.78, 5) is 18.1. The van der Waals surface area contributed by atoms with E-state index in [1.54, 1.807) is 18.8 Å². The Morgan fingerprint density at radius 1 is 1.33 bits per heavy atom. The van der Waals surface area contributed by atoms with E-state index in [-0.39, 0.29) is 5.91 Å². The highest BCUT2D eigenvalue weighted by molar-refractivity contribution is 7.98. The summed E-state index contributed by atoms with van der Waals surface area (Å²) >= 11 is 1.62. The average Bonchev–Trinajstić information content (AvgIpc) is 2.51. The van der Waals surface area contributed by atoms with Crippen LogP contribution >= 0.6 is 11.8 Å². The Bertz CT molecular complexity index is 618. The average molecular weight is 304 g/mol. The molecule has 0 spiro atoms. The monoisotopic (exact) mass is 304 g/mol. The van der Waals surface area contributed by atoms with Crippen molar-refractivity contribution in [3.05, 3.63) is 42.1 Å². The van der Waals surface area contributed by atoms with Gasteiger partial charge in [0.2, 0.25) is 0 Å². The molecule has 0 fully saturated rings. The number of benzene rings is 1. The van der Waals surface area contributed by atoms with Crippen LogP contribution in [0.3, 0.4) is 0 Å². The number of aromatic nitrogens is 1. The van der Waals surface area contributed by atoms with E-state index in [4.69, 9.17) is 0 Å². The van der Waals surface area contributed by atoms with Gasteiger partial charge in [0.1, 0.15) is 6.10 Å². The first-order chi connectivity index (χ1) is 10.1. The molecule has 0 saturated heterocycles. The molecule has 0 aliphatic rings. The van der Waals surface area contributed by atoms with Crippen molar-refractivity contribution in [2.75, 3.05) is 19.1 Å². The van der Waals surface area contributed by atoms with Crippen LogP contribution in [0.1, 0.15) is 12.1 Å². The normalized spacial score (nSPS) is 12.3. The maximum atomic E-state index is 12.1. The number of likely N-dealkylation sites (N-methyl/N-ethyl adjacent to an activating group) is 1. The van der Waals surface area contributed by atoms with Crippen molar-refractivity contribution in [3.63, 3.8) is 0 Å². The molecule has 1 amide bonds. The lowest BCUT2D eigenvalue weighted by atomic mass is 10.2. The Kier molecular flexibility index (Phi) is 5.59. The number of pyridine rings is 1. The second-order valence-corrected chi connectivity index (χ2v) is 5.97. The third kappa shape index (κ3) is 4.19. The first-order valence-corrected chi connectivity index (χ1v) is 8.28. The smallest absolute Gasteiger partial charge is 0.251 e. The van der Waals surface area contributed by atoms with Crippen LogP contribution in [0.2, 0.25) is 0 Å². The molecule has 112 valence electrons. The number of aliphatic hydroxyl groups is 1. The van der Waals surface area contributed by atoms with Gasteiger partial charge in [-0.15, -0.1) is 0 Å². The standard InChI is InChI=1S/C16H20N2O2S/c1-18(16(20)15(19)9-10-21-2)11-13-8-7-12-5-3-4-6-14(12)17-13/h3-8,15,19H,9-11H2,1-2H3/t15-/m1/s1. The molecule has 0 aliphatic carbocycles. The van der Waals surface area contributed by atoms with Gasteiger partial charge in [-0.2, -0.15) is 11.8 Å². The summed E-state index contributed by atoms with van der Waals surface area (Å²) in [6.45, 7) is 0.403. The van der Waals surface area contributed by atoms with Crippen molar-refractivity contribution in [2.24, 2.45) is 0 Å². The molecule has 0 saturated carbocycles. The third-order valence-corrected chi connectivity index (χ3v) is 3.96. The summed E-state index contributed by atoms with van der Waals surface area (Å²) < 4.78 is 0. The SMILES string of the molecule is CSCC[C@@H](O)C(=O)N(C)Cc1ccc2ccccc2n1. The van der Waals surface area contributed by atoms with Gasteiger partial charge in [-0.05, 0) is 30.6 Å². The van der Waals surface area contributed by atoms with Crippen molar-refractivity contribution in [2.45, 2.75) is 19.1 Å². The summed E-state index contributed by atoms with van der Waals surface area (Å²) in [5.74, 6) is 0.522. The fourth-order valence-corrected chi connectivity index (χ4v) is 2.58. The summed E-state index contributed by atoms with van der Waals surface area (Å²) in [7, 11) is 1.70. The fourth-order valence-electron chi connectivity index (χ4n) is 2.12. The fraction of sp³-hybridized carbons (Fsp3) is 0.375. The molecule has 5 heteroatoms. The summed E-state index contributed by atoms with van der Waals surface area (Å²) in [5, 5.41) is 10.9. The van der Waals surface area contributed by atoms with Gasteiger partial charge in [-0.1, -0.05) is 24.3 Å². The van der Waals surface area contributed by atoms with E-state index in [0.717, 1.165) is 22.3 Å². The van der Waals surface area contributed by atoms with Crippen LogP contribution in [0.25, 0.3) is 10.9 Å². The number of carbonyl (C=O) groups excluding carboxylic acids is 1. The van der Waals surface area contributed by atoms with Crippen LogP contribution in [-0.4, -0.2) is 46.1 Å². The first-order valence-electron chi connectivity index (χ1n) is 6.88. The Hall–Kier alpha value is -1.59. The summed E-state index contributed by atoms with van der Waals surface area (Å²) in [6.07, 6.45) is 1.51. The highest BCUT2D eigenvalue weighted by atomic mass is 32.2. The number of fused-ring (bicyclic) bond motifs is 1. The van der Waals surface area contributed by atoms with E-state index in [9.17, 15) is 9.90 Å². The summed E-state index contributed by atoms with van der Waals surface area (Å²) in [6, 6.07) is 11.8. The van der Waals surface area contributed by atoms with E-state index in [2.05, 4.69) is 4.98 Å². The van der Waals surface area contributed by atoms with E-state index in [0.29, 0.717) is 13.0 Å². The van der Waals surface area contributed by atoms with Gasteiger partial charge < -0.3 is 10.0 Å². The van der Waals surface area contributed by atoms with Gasteiger partial charge in [-0.3, -0.25) is 9.78 Å². The highest BCUT2D eigenvalue weighted by Crippen LogP contribution is 2.13. The van der Waals surface area contributed by atoms with E-state index in [1.165, 1.54) is 4.90 Å². The minimum atomic E-state index is -0.928. The number of hydrogen-bond acceptors (Lipinski definition) is 4. The van der Waals surface area contributed by atoms with E-state index in [1.807, 2.05) is 42.7 Å². The molecule has 1 atom stereocenters. The Morgan fingerprint density at radius 3 is 2.86 bits per heavy atom. The minimum Gasteiger partial charge on any atom is -0.383 e. The number of para-hydroxylation sites is 1. The van der Waals surface area contributed by atoms with Crippen LogP contribution in [0.15, 0.2) is 36.4 Å². The Labute approximate surface area is 129 Å². The molecule has 1 heterocycles. The van der Waals surface area contributed by atoms with Gasteiger partial charge in [0.05, 0.1) is 17.8 Å². The lowest BCUT2D eigenvalue weighted by Gasteiger charge is -2.20. The van der Waals surface area contributed by atoms with Crippen LogP contribution in [0.5, 0.6) is 0 Å². The predicted molar refractivity (Wildman–Crippen MR) is 87.2 cm³/mol. The van der Waals surface area contributed by atoms with Crippen LogP contribution in [-0.2, 0) is 11.3 Å². The van der Waals surface area contributed by atoms with Gasteiger partial charge in [0.25, 0.3) is 5.91 Å². The molecule has 1 aromatic carbocycles. The van der Waals surface area contributed by atoms with E-state index >= 15 is 0 Å². The highest BCUT2D eigenvalue weighted by Gasteiger charge is 2.19. The van der Waals surface area contributed by atoms with Crippen LogP contribution in [0, 0.1) is 0 Å². The molecular weight excluding hydrogens is 284 g/mol. The minimum absolute atomic E-state index is 0.251. The second-order valence-electron chi connectivity index (χ2n) is 4.99. The topological polar surface area (TPSA) is 53.4 Å². The van der Waals surface area contributed by atoms with Crippen molar-refractivity contribution in [1.29, 1.82) is 0 Å². The maximum Gasteiger partial charge on any atom is 0.251 e. The molecule has 2 aromatic rings. The summed E-state index contributed by atoms with van der Waals surface area (Å²) in [5.41, 5.74) is 1.74. The molecule has 1 N–H and O–H groups in total. The van der Waals surface area contributed by atoms with Crippen LogP contribution in [0.4, 0.5) is 0 Å². The first kappa shape index (κ1) is 15.8. The van der Waals surface area contributed by atoms with Crippen molar-refractivity contribution >= 4 is 28.6 Å². The molecule has 1 aromatic heterocycles. The number of aliphatic hydroxyl groups excluding tert-OH is 1. The zero-order chi connectivity index (χ0) is 15.2. The molecular formula is C16H20N2O2S. The number of thioether (sulfide) groups is 1. The number of hydrogen-bond donors (Lipinski definition) is 1. The number of nitrogens with zero attached hydrogens (tertiary/aromatic N) is 2. The number of carbonyl (C=O) groups is 1. The van der Waals surface area contributed by atoms with Gasteiger partial charge in [0.15, 0.2) is 0 Å². The van der Waals surface area contributed by atoms with Crippen LogP contribution < -0.4 is 0 Å². The molecule has 4 nitrogen and oxygen atoms in total. The second kappa shape index (κ2) is 7.43. The molecule has 0 aliphatic heterocycles. The molecule has 0 radical (unpaired) electrons. The van der Waals surface area contributed by atoms with Gasteiger partial charge in [0, 0.05) is 12.4 Å². The lowest BCUT2D eigenvalue weighted by molar-refractivity contribution is -0.139. The largest absolute Gasteiger partial charge is 0.383 e. The van der Waals surface area contributed by atoms with Gasteiger partial charge in [-0.25, -0.2) is 0 Å². The number of amides is 1. The van der Waals surface area contributed by atoms with Gasteiger partial charge >= 0.3 is 0 Å². The van der Waals surface area contributed by atoms with Crippen molar-refractivity contribution in [3.8, 4) is 0 Å². The third-order valence-electron chi connectivity index (χ3n) is 3.31. The molecule has 0 unspecified atom stereocenters. The Balaban J connectivity index is 2.03. The maximum absolute atomic E-state index is 12.1. The molecule has 21 heavy (non-hydrogen) atoms. The Morgan fingerprint density at radius 2 is 2.10 bits per heavy atom. The number of rotatable bonds is 6. The molecule has 2 rings (SSSR count). The predicted octanol–water partition coefficient (Wildman–Crippen LogP) is 2.31.